The lowest BCUT2D eigenvalue weighted by Gasteiger charge is -2.32. The molecule has 0 amide bonds. The maximum atomic E-state index is 6.30. The first kappa shape index (κ1) is 18.6. The van der Waals surface area contributed by atoms with Crippen molar-refractivity contribution >= 4 is 22.9 Å². The molecule has 0 aliphatic carbocycles. The first-order valence-corrected chi connectivity index (χ1v) is 10.3. The fourth-order valence-corrected chi connectivity index (χ4v) is 4.38. The van der Waals surface area contributed by atoms with Gasteiger partial charge in [-0.05, 0) is 30.7 Å². The second kappa shape index (κ2) is 8.48. The van der Waals surface area contributed by atoms with Crippen LogP contribution in [0.15, 0.2) is 48.7 Å². The molecule has 3 aromatic rings. The summed E-state index contributed by atoms with van der Waals surface area (Å²) < 4.78 is 6.02. The Morgan fingerprint density at radius 2 is 2.11 bits per heavy atom. The van der Waals surface area contributed by atoms with Gasteiger partial charge in [0.25, 0.3) is 0 Å². The Hall–Kier alpha value is -1.79. The number of thiazole rings is 1. The Morgan fingerprint density at radius 3 is 2.93 bits per heavy atom. The van der Waals surface area contributed by atoms with Gasteiger partial charge in [0, 0.05) is 47.8 Å². The number of ether oxygens (including phenoxy) is 1. The second-order valence-corrected chi connectivity index (χ2v) is 8.49. The monoisotopic (exact) mass is 399 g/mol. The van der Waals surface area contributed by atoms with Crippen LogP contribution in [0.1, 0.15) is 32.9 Å². The van der Waals surface area contributed by atoms with Crippen molar-refractivity contribution < 1.29 is 4.74 Å². The van der Waals surface area contributed by atoms with Crippen LogP contribution < -0.4 is 0 Å². The predicted octanol–water partition coefficient (Wildman–Crippen LogP) is 4.66. The van der Waals surface area contributed by atoms with E-state index in [4.69, 9.17) is 21.3 Å². The molecule has 0 spiro atoms. The third kappa shape index (κ3) is 4.74. The van der Waals surface area contributed by atoms with Crippen LogP contribution in [0.25, 0.3) is 0 Å². The normalized spacial score (nSPS) is 17.9. The van der Waals surface area contributed by atoms with E-state index in [9.17, 15) is 0 Å². The molecule has 0 radical (unpaired) electrons. The van der Waals surface area contributed by atoms with E-state index in [0.717, 1.165) is 59.6 Å². The van der Waals surface area contributed by atoms with E-state index in [-0.39, 0.29) is 6.10 Å². The van der Waals surface area contributed by atoms with E-state index in [1.54, 1.807) is 11.3 Å². The van der Waals surface area contributed by atoms with Crippen LogP contribution in [0.4, 0.5) is 0 Å². The smallest absolute Gasteiger partial charge is 0.112 e. The standard InChI is InChI=1S/C21H22ClN3OS/c1-15-23-12-18(27-15)13-25-9-10-26-21(14-25)20-8-4-6-17(24-20)11-16-5-2-3-7-19(16)22/h2-8,12,21H,9-11,13-14H2,1H3/t21-/m0/s1. The predicted molar refractivity (Wildman–Crippen MR) is 109 cm³/mol. The van der Waals surface area contributed by atoms with E-state index >= 15 is 0 Å². The molecule has 1 atom stereocenters. The number of pyridine rings is 1. The molecule has 0 unspecified atom stereocenters. The van der Waals surface area contributed by atoms with E-state index in [0.29, 0.717) is 0 Å². The first-order chi connectivity index (χ1) is 13.2. The zero-order valence-corrected chi connectivity index (χ0v) is 16.8. The van der Waals surface area contributed by atoms with Gasteiger partial charge < -0.3 is 4.74 Å². The highest BCUT2D eigenvalue weighted by molar-refractivity contribution is 7.11. The quantitative estimate of drug-likeness (QED) is 0.625. The number of morpholine rings is 1. The van der Waals surface area contributed by atoms with Crippen LogP contribution >= 0.6 is 22.9 Å². The fourth-order valence-electron chi connectivity index (χ4n) is 3.34. The lowest BCUT2D eigenvalue weighted by Crippen LogP contribution is -2.38. The molecule has 6 heteroatoms. The van der Waals surface area contributed by atoms with Gasteiger partial charge in [-0.15, -0.1) is 11.3 Å². The number of aromatic nitrogens is 2. The second-order valence-electron chi connectivity index (χ2n) is 6.76. The van der Waals surface area contributed by atoms with Crippen molar-refractivity contribution in [1.29, 1.82) is 0 Å². The van der Waals surface area contributed by atoms with Gasteiger partial charge in [0.1, 0.15) is 6.10 Å². The summed E-state index contributed by atoms with van der Waals surface area (Å²) in [6.07, 6.45) is 2.70. The molecule has 0 saturated carbocycles. The van der Waals surface area contributed by atoms with Crippen LogP contribution in [-0.4, -0.2) is 34.6 Å². The zero-order valence-electron chi connectivity index (χ0n) is 15.3. The summed E-state index contributed by atoms with van der Waals surface area (Å²) >= 11 is 8.06. The van der Waals surface area contributed by atoms with Crippen molar-refractivity contribution in [3.8, 4) is 0 Å². The molecule has 0 bridgehead atoms. The topological polar surface area (TPSA) is 38.2 Å². The highest BCUT2D eigenvalue weighted by atomic mass is 35.5. The van der Waals surface area contributed by atoms with Crippen molar-refractivity contribution in [1.82, 2.24) is 14.9 Å². The molecular formula is C21H22ClN3OS. The average molecular weight is 400 g/mol. The Balaban J connectivity index is 1.45. The van der Waals surface area contributed by atoms with E-state index in [1.165, 1.54) is 4.88 Å². The Morgan fingerprint density at radius 1 is 1.22 bits per heavy atom. The minimum atomic E-state index is -0.000960. The summed E-state index contributed by atoms with van der Waals surface area (Å²) in [5.74, 6) is 0. The molecule has 1 aliphatic rings. The molecule has 1 aliphatic heterocycles. The minimum Gasteiger partial charge on any atom is -0.369 e. The third-order valence-corrected chi connectivity index (χ3v) is 5.95. The van der Waals surface area contributed by atoms with Crippen LogP contribution in [0.5, 0.6) is 0 Å². The molecule has 4 rings (SSSR count). The van der Waals surface area contributed by atoms with Gasteiger partial charge in [-0.2, -0.15) is 0 Å². The number of hydrogen-bond acceptors (Lipinski definition) is 5. The van der Waals surface area contributed by atoms with Gasteiger partial charge in [0.2, 0.25) is 0 Å². The van der Waals surface area contributed by atoms with Crippen LogP contribution in [-0.2, 0) is 17.7 Å². The van der Waals surface area contributed by atoms with Gasteiger partial charge in [0.05, 0.1) is 17.3 Å². The highest BCUT2D eigenvalue weighted by Gasteiger charge is 2.23. The van der Waals surface area contributed by atoms with Crippen LogP contribution in [0.2, 0.25) is 5.02 Å². The summed E-state index contributed by atoms with van der Waals surface area (Å²) in [4.78, 5) is 12.9. The maximum absolute atomic E-state index is 6.30. The van der Waals surface area contributed by atoms with Crippen molar-refractivity contribution in [2.75, 3.05) is 19.7 Å². The molecule has 1 aromatic carbocycles. The van der Waals surface area contributed by atoms with Crippen LogP contribution in [0, 0.1) is 6.92 Å². The Labute approximate surface area is 168 Å². The summed E-state index contributed by atoms with van der Waals surface area (Å²) in [5, 5.41) is 1.90. The molecule has 1 saturated heterocycles. The van der Waals surface area contributed by atoms with Gasteiger partial charge in [-0.25, -0.2) is 4.98 Å². The number of hydrogen-bond donors (Lipinski definition) is 0. The summed E-state index contributed by atoms with van der Waals surface area (Å²) in [7, 11) is 0. The Bertz CT molecular complexity index is 914. The van der Waals surface area contributed by atoms with Crippen molar-refractivity contribution in [2.45, 2.75) is 26.0 Å². The molecule has 0 N–H and O–H groups in total. The van der Waals surface area contributed by atoms with E-state index < -0.39 is 0 Å². The van der Waals surface area contributed by atoms with E-state index in [1.807, 2.05) is 43.5 Å². The largest absolute Gasteiger partial charge is 0.369 e. The SMILES string of the molecule is Cc1ncc(CN2CCO[C@H](c3cccc(Cc4ccccc4Cl)n3)C2)s1. The molecule has 3 heterocycles. The number of rotatable bonds is 5. The number of benzene rings is 1. The number of aryl methyl sites for hydroxylation is 1. The summed E-state index contributed by atoms with van der Waals surface area (Å²) in [6, 6.07) is 14.1. The van der Waals surface area contributed by atoms with Crippen molar-refractivity contribution in [3.63, 3.8) is 0 Å². The third-order valence-electron chi connectivity index (χ3n) is 4.69. The molecule has 140 valence electrons. The lowest BCUT2D eigenvalue weighted by molar-refractivity contribution is -0.0347. The zero-order chi connectivity index (χ0) is 18.6. The van der Waals surface area contributed by atoms with Crippen molar-refractivity contribution in [2.24, 2.45) is 0 Å². The highest BCUT2D eigenvalue weighted by Crippen LogP contribution is 2.24. The first-order valence-electron chi connectivity index (χ1n) is 9.12. The fraction of sp³-hybridized carbons (Fsp3) is 0.333. The van der Waals surface area contributed by atoms with Gasteiger partial charge in [-0.3, -0.25) is 9.88 Å². The van der Waals surface area contributed by atoms with E-state index in [2.05, 4.69) is 22.0 Å². The molecule has 27 heavy (non-hydrogen) atoms. The lowest BCUT2D eigenvalue weighted by atomic mass is 10.1. The van der Waals surface area contributed by atoms with Gasteiger partial charge in [-0.1, -0.05) is 35.9 Å². The van der Waals surface area contributed by atoms with Gasteiger partial charge in [0.15, 0.2) is 0 Å². The molecule has 4 nitrogen and oxygen atoms in total. The van der Waals surface area contributed by atoms with Crippen LogP contribution in [0.3, 0.4) is 0 Å². The van der Waals surface area contributed by atoms with Crippen molar-refractivity contribution in [3.05, 3.63) is 80.5 Å². The van der Waals surface area contributed by atoms with Gasteiger partial charge >= 0.3 is 0 Å². The average Bonchev–Trinajstić information content (AvgIpc) is 3.09. The molecular weight excluding hydrogens is 378 g/mol. The number of halogens is 1. The molecule has 2 aromatic heterocycles. The molecule has 1 fully saturated rings. The Kier molecular flexibility index (Phi) is 5.83. The summed E-state index contributed by atoms with van der Waals surface area (Å²) in [5.41, 5.74) is 3.10. The minimum absolute atomic E-state index is 0.000960. The number of nitrogens with zero attached hydrogens (tertiary/aromatic N) is 3. The maximum Gasteiger partial charge on any atom is 0.112 e. The summed E-state index contributed by atoms with van der Waals surface area (Å²) in [6.45, 7) is 5.47.